The molecule has 6 heteroatoms. The number of amides is 2. The van der Waals surface area contributed by atoms with E-state index < -0.39 is 0 Å². The minimum Gasteiger partial charge on any atom is -0.353 e. The van der Waals surface area contributed by atoms with Gasteiger partial charge < -0.3 is 10.6 Å². The van der Waals surface area contributed by atoms with Gasteiger partial charge in [-0.05, 0) is 43.4 Å². The number of hydrogen-bond donors (Lipinski definition) is 2. The van der Waals surface area contributed by atoms with Crippen molar-refractivity contribution in [1.29, 1.82) is 0 Å². The van der Waals surface area contributed by atoms with E-state index >= 15 is 0 Å². The Morgan fingerprint density at radius 3 is 2.63 bits per heavy atom. The first-order valence-corrected chi connectivity index (χ1v) is 10.9. The summed E-state index contributed by atoms with van der Waals surface area (Å²) in [6.07, 6.45) is 10.8. The smallest absolute Gasteiger partial charge is 0.243 e. The average Bonchev–Trinajstić information content (AvgIpc) is 3.30. The minimum atomic E-state index is -0.165. The normalized spacial score (nSPS) is 28.2. The lowest BCUT2D eigenvalue weighted by molar-refractivity contribution is -0.129. The Morgan fingerprint density at radius 2 is 1.93 bits per heavy atom. The Labute approximate surface area is 177 Å². The van der Waals surface area contributed by atoms with Crippen LogP contribution < -0.4 is 10.6 Å². The zero-order chi connectivity index (χ0) is 21.0. The standard InChI is InChI=1S/C24H30N4O2/c1-2-22(29)25-17-24(18-9-4-3-5-10-18)15-19(16-24)27-23(30)20-11-6-7-12-21(20)28-14-8-13-26-28/h2-5,8-10,13-14,19-21H,1,6-7,11-12,15-17H2,(H,25,29)(H,27,30). The van der Waals surface area contributed by atoms with Crippen LogP contribution in [0, 0.1) is 5.92 Å². The Hall–Kier alpha value is -2.89. The topological polar surface area (TPSA) is 76.0 Å². The number of rotatable bonds is 7. The molecule has 1 aromatic heterocycles. The van der Waals surface area contributed by atoms with Crippen molar-refractivity contribution >= 4 is 11.8 Å². The maximum absolute atomic E-state index is 13.1. The van der Waals surface area contributed by atoms with E-state index in [4.69, 9.17) is 0 Å². The molecule has 30 heavy (non-hydrogen) atoms. The molecular weight excluding hydrogens is 376 g/mol. The van der Waals surface area contributed by atoms with Crippen LogP contribution in [0.1, 0.15) is 50.1 Å². The SMILES string of the molecule is C=CC(=O)NCC1(c2ccccc2)CC(NC(=O)C2CCCCC2n2cccn2)C1. The summed E-state index contributed by atoms with van der Waals surface area (Å²) >= 11 is 0. The van der Waals surface area contributed by atoms with Crippen LogP contribution in [0.25, 0.3) is 0 Å². The van der Waals surface area contributed by atoms with Gasteiger partial charge in [0.25, 0.3) is 0 Å². The number of carbonyl (C=O) groups is 2. The second-order valence-electron chi connectivity index (χ2n) is 8.63. The molecule has 2 aliphatic rings. The van der Waals surface area contributed by atoms with Gasteiger partial charge in [-0.15, -0.1) is 0 Å². The summed E-state index contributed by atoms with van der Waals surface area (Å²) in [6, 6.07) is 12.4. The first-order chi connectivity index (χ1) is 14.6. The van der Waals surface area contributed by atoms with Crippen LogP contribution in [0.2, 0.25) is 0 Å². The molecule has 0 radical (unpaired) electrons. The lowest BCUT2D eigenvalue weighted by Gasteiger charge is -2.49. The Bertz CT molecular complexity index is 872. The van der Waals surface area contributed by atoms with Crippen molar-refractivity contribution in [2.75, 3.05) is 6.54 Å². The number of aromatic nitrogens is 2. The molecule has 2 amide bonds. The molecule has 2 unspecified atom stereocenters. The molecule has 2 fully saturated rings. The summed E-state index contributed by atoms with van der Waals surface area (Å²) in [6.45, 7) is 4.09. The Morgan fingerprint density at radius 1 is 1.17 bits per heavy atom. The highest BCUT2D eigenvalue weighted by molar-refractivity contribution is 5.87. The summed E-state index contributed by atoms with van der Waals surface area (Å²) < 4.78 is 1.95. The van der Waals surface area contributed by atoms with Crippen LogP contribution in [0.5, 0.6) is 0 Å². The summed E-state index contributed by atoms with van der Waals surface area (Å²) in [5.41, 5.74) is 1.05. The van der Waals surface area contributed by atoms with E-state index in [1.54, 1.807) is 6.20 Å². The first-order valence-electron chi connectivity index (χ1n) is 10.9. The molecule has 158 valence electrons. The molecule has 0 bridgehead atoms. The molecule has 4 rings (SSSR count). The molecule has 6 nitrogen and oxygen atoms in total. The van der Waals surface area contributed by atoms with Gasteiger partial charge in [-0.1, -0.05) is 49.8 Å². The van der Waals surface area contributed by atoms with E-state index in [1.807, 2.05) is 35.1 Å². The number of carbonyl (C=O) groups excluding carboxylic acids is 2. The molecule has 0 aliphatic heterocycles. The minimum absolute atomic E-state index is 0.0363. The second kappa shape index (κ2) is 8.86. The van der Waals surface area contributed by atoms with Crippen molar-refractivity contribution in [1.82, 2.24) is 20.4 Å². The fourth-order valence-corrected chi connectivity index (χ4v) is 5.11. The van der Waals surface area contributed by atoms with Gasteiger partial charge in [-0.25, -0.2) is 0 Å². The van der Waals surface area contributed by atoms with Crippen LogP contribution in [0.15, 0.2) is 61.4 Å². The van der Waals surface area contributed by atoms with E-state index in [0.29, 0.717) is 6.54 Å². The van der Waals surface area contributed by atoms with Gasteiger partial charge >= 0.3 is 0 Å². The molecule has 2 saturated carbocycles. The maximum Gasteiger partial charge on any atom is 0.243 e. The number of hydrogen-bond acceptors (Lipinski definition) is 3. The van der Waals surface area contributed by atoms with Crippen molar-refractivity contribution in [3.05, 3.63) is 67.0 Å². The highest BCUT2D eigenvalue weighted by atomic mass is 16.2. The molecule has 0 spiro atoms. The van der Waals surface area contributed by atoms with Crippen molar-refractivity contribution in [2.45, 2.75) is 56.0 Å². The van der Waals surface area contributed by atoms with Crippen LogP contribution in [0.3, 0.4) is 0 Å². The predicted molar refractivity (Wildman–Crippen MR) is 116 cm³/mol. The molecule has 2 atom stereocenters. The van der Waals surface area contributed by atoms with Gasteiger partial charge in [0, 0.05) is 30.4 Å². The van der Waals surface area contributed by atoms with Crippen molar-refractivity contribution in [3.63, 3.8) is 0 Å². The first kappa shape index (κ1) is 20.4. The average molecular weight is 407 g/mol. The molecule has 1 aromatic carbocycles. The van der Waals surface area contributed by atoms with Gasteiger partial charge in [-0.3, -0.25) is 14.3 Å². The lowest BCUT2D eigenvalue weighted by atomic mass is 9.61. The molecule has 2 N–H and O–H groups in total. The van der Waals surface area contributed by atoms with Crippen LogP contribution >= 0.6 is 0 Å². The number of nitrogens with one attached hydrogen (secondary N) is 2. The zero-order valence-electron chi connectivity index (χ0n) is 17.3. The molecule has 2 aliphatic carbocycles. The summed E-state index contributed by atoms with van der Waals surface area (Å²) in [7, 11) is 0. The number of nitrogens with zero attached hydrogens (tertiary/aromatic N) is 2. The zero-order valence-corrected chi connectivity index (χ0v) is 17.3. The maximum atomic E-state index is 13.1. The number of benzene rings is 1. The Kier molecular flexibility index (Phi) is 6.02. The van der Waals surface area contributed by atoms with Crippen LogP contribution in [-0.2, 0) is 15.0 Å². The highest BCUT2D eigenvalue weighted by Gasteiger charge is 2.47. The molecular formula is C24H30N4O2. The second-order valence-corrected chi connectivity index (χ2v) is 8.63. The third-order valence-corrected chi connectivity index (χ3v) is 6.72. The van der Waals surface area contributed by atoms with E-state index in [2.05, 4.69) is 34.4 Å². The van der Waals surface area contributed by atoms with Gasteiger partial charge in [0.15, 0.2) is 0 Å². The van der Waals surface area contributed by atoms with Gasteiger partial charge in [-0.2, -0.15) is 5.10 Å². The van der Waals surface area contributed by atoms with Crippen LogP contribution in [-0.4, -0.2) is 34.2 Å². The summed E-state index contributed by atoms with van der Waals surface area (Å²) in [5, 5.41) is 10.6. The van der Waals surface area contributed by atoms with Gasteiger partial charge in [0.2, 0.25) is 11.8 Å². The van der Waals surface area contributed by atoms with Gasteiger partial charge in [0.1, 0.15) is 0 Å². The highest BCUT2D eigenvalue weighted by Crippen LogP contribution is 2.44. The molecule has 0 saturated heterocycles. The molecule has 1 heterocycles. The van der Waals surface area contributed by atoms with E-state index in [-0.39, 0.29) is 35.2 Å². The fourth-order valence-electron chi connectivity index (χ4n) is 5.11. The summed E-state index contributed by atoms with van der Waals surface area (Å²) in [4.78, 5) is 24.9. The third-order valence-electron chi connectivity index (χ3n) is 6.72. The van der Waals surface area contributed by atoms with Crippen molar-refractivity contribution < 1.29 is 9.59 Å². The van der Waals surface area contributed by atoms with Crippen molar-refractivity contribution in [2.24, 2.45) is 5.92 Å². The predicted octanol–water partition coefficient (Wildman–Crippen LogP) is 3.13. The third kappa shape index (κ3) is 4.18. The van der Waals surface area contributed by atoms with E-state index in [9.17, 15) is 9.59 Å². The largest absolute Gasteiger partial charge is 0.353 e. The van der Waals surface area contributed by atoms with Gasteiger partial charge in [0.05, 0.1) is 12.0 Å². The van der Waals surface area contributed by atoms with Crippen molar-refractivity contribution in [3.8, 4) is 0 Å². The monoisotopic (exact) mass is 406 g/mol. The van der Waals surface area contributed by atoms with Crippen LogP contribution in [0.4, 0.5) is 0 Å². The Balaban J connectivity index is 1.41. The van der Waals surface area contributed by atoms with E-state index in [1.165, 1.54) is 11.6 Å². The fraction of sp³-hybridized carbons (Fsp3) is 0.458. The van der Waals surface area contributed by atoms with E-state index in [0.717, 1.165) is 38.5 Å². The molecule has 2 aromatic rings. The quantitative estimate of drug-likeness (QED) is 0.694. The lowest BCUT2D eigenvalue weighted by Crippen LogP contribution is -2.58. The summed E-state index contributed by atoms with van der Waals surface area (Å²) in [5.74, 6) is -0.0649.